The van der Waals surface area contributed by atoms with Gasteiger partial charge in [-0.3, -0.25) is 0 Å². The molecule has 0 saturated heterocycles. The number of nitrogens with one attached hydrogen (secondary N) is 1. The Labute approximate surface area is 123 Å². The van der Waals surface area contributed by atoms with Crippen LogP contribution in [0.1, 0.15) is 36.6 Å². The predicted molar refractivity (Wildman–Crippen MR) is 78.9 cm³/mol. The molecule has 0 spiro atoms. The van der Waals surface area contributed by atoms with Gasteiger partial charge in [0.1, 0.15) is 17.3 Å². The first-order valence-corrected chi connectivity index (χ1v) is 7.11. The lowest BCUT2D eigenvalue weighted by Gasteiger charge is -2.29. The van der Waals surface area contributed by atoms with Crippen molar-refractivity contribution >= 4 is 0 Å². The molecule has 1 heterocycles. The second-order valence-electron chi connectivity index (χ2n) is 5.32. The molecule has 2 N–H and O–H groups in total. The highest BCUT2D eigenvalue weighted by atomic mass is 19.1. The summed E-state index contributed by atoms with van der Waals surface area (Å²) in [6.45, 7) is 2.57. The number of ether oxygens (including phenoxy) is 1. The molecule has 3 nitrogen and oxygen atoms in total. The number of hydrogen-bond donors (Lipinski definition) is 2. The van der Waals surface area contributed by atoms with E-state index in [0.29, 0.717) is 12.2 Å². The summed E-state index contributed by atoms with van der Waals surface area (Å²) < 4.78 is 19.0. The number of phenolic OH excluding ortho intramolecular Hbond substituents is 1. The van der Waals surface area contributed by atoms with Crippen molar-refractivity contribution < 1.29 is 14.2 Å². The van der Waals surface area contributed by atoms with E-state index >= 15 is 0 Å². The summed E-state index contributed by atoms with van der Waals surface area (Å²) in [5.41, 5.74) is 1.67. The van der Waals surface area contributed by atoms with Gasteiger partial charge in [-0.25, -0.2) is 4.39 Å². The molecule has 3 rings (SSSR count). The summed E-state index contributed by atoms with van der Waals surface area (Å²) in [4.78, 5) is 0. The van der Waals surface area contributed by atoms with Crippen molar-refractivity contribution in [2.45, 2.75) is 25.4 Å². The molecule has 2 aromatic rings. The minimum absolute atomic E-state index is 0.108. The van der Waals surface area contributed by atoms with Crippen LogP contribution in [0.4, 0.5) is 4.39 Å². The van der Waals surface area contributed by atoms with Crippen LogP contribution in [0.3, 0.4) is 0 Å². The van der Waals surface area contributed by atoms with Crippen LogP contribution >= 0.6 is 0 Å². The second kappa shape index (κ2) is 5.74. The van der Waals surface area contributed by atoms with E-state index in [1.807, 2.05) is 31.2 Å². The van der Waals surface area contributed by atoms with E-state index in [1.165, 1.54) is 18.2 Å². The lowest BCUT2D eigenvalue weighted by molar-refractivity contribution is 0.245. The molecule has 1 aliphatic heterocycles. The van der Waals surface area contributed by atoms with Crippen molar-refractivity contribution in [3.63, 3.8) is 0 Å². The standard InChI is InChI=1S/C17H18FNO2/c1-11(14-10-12(18)6-7-16(14)20)19-15-8-9-21-17-5-3-2-4-13(15)17/h2-7,10-11,15,19-20H,8-9H2,1H3. The highest BCUT2D eigenvalue weighted by Crippen LogP contribution is 2.34. The largest absolute Gasteiger partial charge is 0.508 e. The van der Waals surface area contributed by atoms with Gasteiger partial charge in [0.25, 0.3) is 0 Å². The molecule has 0 bridgehead atoms. The maximum absolute atomic E-state index is 13.4. The first-order valence-electron chi connectivity index (χ1n) is 7.11. The second-order valence-corrected chi connectivity index (χ2v) is 5.32. The van der Waals surface area contributed by atoms with E-state index < -0.39 is 0 Å². The molecule has 4 heteroatoms. The molecule has 2 atom stereocenters. The van der Waals surface area contributed by atoms with Crippen LogP contribution in [-0.2, 0) is 0 Å². The summed E-state index contributed by atoms with van der Waals surface area (Å²) in [5, 5.41) is 13.4. The molecule has 2 unspecified atom stereocenters. The van der Waals surface area contributed by atoms with E-state index in [9.17, 15) is 9.50 Å². The molecule has 0 radical (unpaired) electrons. The average molecular weight is 287 g/mol. The Hall–Kier alpha value is -2.07. The number of phenols is 1. The molecule has 2 aromatic carbocycles. The quantitative estimate of drug-likeness (QED) is 0.904. The minimum Gasteiger partial charge on any atom is -0.508 e. The van der Waals surface area contributed by atoms with Crippen molar-refractivity contribution in [3.05, 3.63) is 59.4 Å². The zero-order valence-electron chi connectivity index (χ0n) is 11.8. The van der Waals surface area contributed by atoms with Gasteiger partial charge in [-0.1, -0.05) is 18.2 Å². The molecular weight excluding hydrogens is 269 g/mol. The van der Waals surface area contributed by atoms with E-state index in [4.69, 9.17) is 4.74 Å². The van der Waals surface area contributed by atoms with Crippen molar-refractivity contribution in [2.24, 2.45) is 0 Å². The van der Waals surface area contributed by atoms with Gasteiger partial charge in [0.05, 0.1) is 6.61 Å². The number of rotatable bonds is 3. The Morgan fingerprint density at radius 2 is 2.10 bits per heavy atom. The SMILES string of the molecule is CC(NC1CCOc2ccccc21)c1cc(F)ccc1O. The highest BCUT2D eigenvalue weighted by molar-refractivity contribution is 5.39. The van der Waals surface area contributed by atoms with Crippen molar-refractivity contribution in [3.8, 4) is 11.5 Å². The normalized spacial score (nSPS) is 18.7. The summed E-state index contributed by atoms with van der Waals surface area (Å²) in [7, 11) is 0. The maximum Gasteiger partial charge on any atom is 0.124 e. The summed E-state index contributed by atoms with van der Waals surface area (Å²) >= 11 is 0. The smallest absolute Gasteiger partial charge is 0.124 e. The molecular formula is C17H18FNO2. The number of aromatic hydroxyl groups is 1. The third-order valence-corrected chi connectivity index (χ3v) is 3.87. The van der Waals surface area contributed by atoms with E-state index in [0.717, 1.165) is 17.7 Å². The fourth-order valence-corrected chi connectivity index (χ4v) is 2.78. The Bertz CT molecular complexity index is 644. The average Bonchev–Trinajstić information content (AvgIpc) is 2.50. The van der Waals surface area contributed by atoms with Crippen molar-refractivity contribution in [1.82, 2.24) is 5.32 Å². The first kappa shape index (κ1) is 13.9. The van der Waals surface area contributed by atoms with Crippen LogP contribution in [-0.4, -0.2) is 11.7 Å². The van der Waals surface area contributed by atoms with Gasteiger partial charge < -0.3 is 15.2 Å². The summed E-state index contributed by atoms with van der Waals surface area (Å²) in [6.07, 6.45) is 0.845. The Morgan fingerprint density at radius 3 is 2.95 bits per heavy atom. The van der Waals surface area contributed by atoms with Crippen LogP contribution < -0.4 is 10.1 Å². The minimum atomic E-state index is -0.344. The predicted octanol–water partition coefficient (Wildman–Crippen LogP) is 3.71. The fraction of sp³-hybridized carbons (Fsp3) is 0.294. The van der Waals surface area contributed by atoms with Gasteiger partial charge in [0.2, 0.25) is 0 Å². The third kappa shape index (κ3) is 2.85. The fourth-order valence-electron chi connectivity index (χ4n) is 2.78. The molecule has 0 fully saturated rings. The van der Waals surface area contributed by atoms with Gasteiger partial charge in [0, 0.05) is 29.6 Å². The molecule has 0 saturated carbocycles. The monoisotopic (exact) mass is 287 g/mol. The first-order chi connectivity index (χ1) is 10.1. The lowest BCUT2D eigenvalue weighted by Crippen LogP contribution is -2.29. The topological polar surface area (TPSA) is 41.5 Å². The number of para-hydroxylation sites is 1. The number of halogens is 1. The van der Waals surface area contributed by atoms with Crippen LogP contribution in [0, 0.1) is 5.82 Å². The van der Waals surface area contributed by atoms with Gasteiger partial charge in [-0.2, -0.15) is 0 Å². The van der Waals surface area contributed by atoms with Crippen LogP contribution in [0.25, 0.3) is 0 Å². The Kier molecular flexibility index (Phi) is 3.80. The summed E-state index contributed by atoms with van der Waals surface area (Å²) in [5.74, 6) is 0.650. The van der Waals surface area contributed by atoms with Crippen LogP contribution in [0.15, 0.2) is 42.5 Å². The number of hydrogen-bond acceptors (Lipinski definition) is 3. The zero-order chi connectivity index (χ0) is 14.8. The zero-order valence-corrected chi connectivity index (χ0v) is 11.8. The van der Waals surface area contributed by atoms with Gasteiger partial charge in [-0.05, 0) is 31.2 Å². The summed E-state index contributed by atoms with van der Waals surface area (Å²) in [6, 6.07) is 11.9. The molecule has 0 aliphatic carbocycles. The van der Waals surface area contributed by atoms with Crippen LogP contribution in [0.5, 0.6) is 11.5 Å². The van der Waals surface area contributed by atoms with E-state index in [-0.39, 0.29) is 23.7 Å². The molecule has 0 aromatic heterocycles. The maximum atomic E-state index is 13.4. The molecule has 0 amide bonds. The van der Waals surface area contributed by atoms with Crippen LogP contribution in [0.2, 0.25) is 0 Å². The van der Waals surface area contributed by atoms with E-state index in [2.05, 4.69) is 5.32 Å². The van der Waals surface area contributed by atoms with Gasteiger partial charge in [0.15, 0.2) is 0 Å². The van der Waals surface area contributed by atoms with E-state index in [1.54, 1.807) is 0 Å². The molecule has 1 aliphatic rings. The third-order valence-electron chi connectivity index (χ3n) is 3.87. The lowest BCUT2D eigenvalue weighted by atomic mass is 9.98. The highest BCUT2D eigenvalue weighted by Gasteiger charge is 2.23. The Morgan fingerprint density at radius 1 is 1.29 bits per heavy atom. The Balaban J connectivity index is 1.82. The van der Waals surface area contributed by atoms with Gasteiger partial charge in [-0.15, -0.1) is 0 Å². The molecule has 110 valence electrons. The van der Waals surface area contributed by atoms with Gasteiger partial charge >= 0.3 is 0 Å². The van der Waals surface area contributed by atoms with Crippen molar-refractivity contribution in [1.29, 1.82) is 0 Å². The van der Waals surface area contributed by atoms with Crippen molar-refractivity contribution in [2.75, 3.05) is 6.61 Å². The number of fused-ring (bicyclic) bond motifs is 1. The molecule has 21 heavy (non-hydrogen) atoms. The number of benzene rings is 2.